The Labute approximate surface area is 147 Å². The van der Waals surface area contributed by atoms with Gasteiger partial charge in [0.1, 0.15) is 0 Å². The Morgan fingerprint density at radius 2 is 2.00 bits per heavy atom. The Hall–Kier alpha value is -2.79. The Bertz CT molecular complexity index is 862. The Morgan fingerprint density at radius 3 is 2.76 bits per heavy atom. The van der Waals surface area contributed by atoms with Crippen molar-refractivity contribution < 1.29 is 4.79 Å². The van der Waals surface area contributed by atoms with Gasteiger partial charge in [-0.15, -0.1) is 0 Å². The van der Waals surface area contributed by atoms with Gasteiger partial charge in [0.25, 0.3) is 5.91 Å². The molecule has 128 valence electrons. The van der Waals surface area contributed by atoms with Crippen LogP contribution in [0.25, 0.3) is 22.2 Å². The minimum Gasteiger partial charge on any atom is -0.352 e. The van der Waals surface area contributed by atoms with E-state index in [9.17, 15) is 4.79 Å². The van der Waals surface area contributed by atoms with Crippen LogP contribution in [-0.4, -0.2) is 48.0 Å². The summed E-state index contributed by atoms with van der Waals surface area (Å²) >= 11 is 0. The molecule has 5 nitrogen and oxygen atoms in total. The number of fused-ring (bicyclic) bond motifs is 1. The van der Waals surface area contributed by atoms with Crippen LogP contribution in [0, 0.1) is 0 Å². The Balaban J connectivity index is 1.91. The van der Waals surface area contributed by atoms with Gasteiger partial charge in [-0.25, -0.2) is 4.98 Å². The first-order valence-electron chi connectivity index (χ1n) is 8.38. The molecular formula is C20H22N4O. The molecule has 0 spiro atoms. The van der Waals surface area contributed by atoms with Crippen molar-refractivity contribution in [2.45, 2.75) is 6.42 Å². The summed E-state index contributed by atoms with van der Waals surface area (Å²) in [6.07, 6.45) is 4.40. The molecule has 0 radical (unpaired) electrons. The summed E-state index contributed by atoms with van der Waals surface area (Å²) in [7, 11) is 4.05. The number of carbonyl (C=O) groups is 1. The fourth-order valence-electron chi connectivity index (χ4n) is 2.72. The highest BCUT2D eigenvalue weighted by atomic mass is 16.1. The SMILES string of the molecule is CN(C)CCCNC(=O)c1cc(-c2cccnc2)nc2ccccc12. The normalized spacial score (nSPS) is 11.0. The largest absolute Gasteiger partial charge is 0.352 e. The lowest BCUT2D eigenvalue weighted by Crippen LogP contribution is -2.27. The third kappa shape index (κ3) is 4.19. The summed E-state index contributed by atoms with van der Waals surface area (Å²) in [6.45, 7) is 1.59. The van der Waals surface area contributed by atoms with Gasteiger partial charge < -0.3 is 10.2 Å². The van der Waals surface area contributed by atoms with Crippen molar-refractivity contribution in [2.75, 3.05) is 27.2 Å². The molecule has 2 heterocycles. The fourth-order valence-corrected chi connectivity index (χ4v) is 2.72. The molecule has 0 saturated heterocycles. The van der Waals surface area contributed by atoms with E-state index in [4.69, 9.17) is 0 Å². The predicted molar refractivity (Wildman–Crippen MR) is 100 cm³/mol. The van der Waals surface area contributed by atoms with Crippen LogP contribution < -0.4 is 5.32 Å². The Kier molecular flexibility index (Phi) is 5.36. The standard InChI is InChI=1S/C20H22N4O/c1-24(2)12-6-11-22-20(25)17-13-19(15-7-5-10-21-14-15)23-18-9-4-3-8-16(17)18/h3-5,7-10,13-14H,6,11-12H2,1-2H3,(H,22,25). The molecule has 3 rings (SSSR count). The number of hydrogen-bond donors (Lipinski definition) is 1. The van der Waals surface area contributed by atoms with Crippen molar-refractivity contribution in [2.24, 2.45) is 0 Å². The second-order valence-corrected chi connectivity index (χ2v) is 6.23. The summed E-state index contributed by atoms with van der Waals surface area (Å²) in [5.41, 5.74) is 3.11. The smallest absolute Gasteiger partial charge is 0.252 e. The molecule has 0 aliphatic carbocycles. The monoisotopic (exact) mass is 334 g/mol. The predicted octanol–water partition coefficient (Wildman–Crippen LogP) is 2.98. The zero-order chi connectivity index (χ0) is 17.6. The zero-order valence-electron chi connectivity index (χ0n) is 14.6. The molecule has 0 atom stereocenters. The van der Waals surface area contributed by atoms with Crippen LogP contribution >= 0.6 is 0 Å². The van der Waals surface area contributed by atoms with E-state index >= 15 is 0 Å². The first-order valence-corrected chi connectivity index (χ1v) is 8.38. The topological polar surface area (TPSA) is 58.1 Å². The first-order chi connectivity index (χ1) is 12.1. The van der Waals surface area contributed by atoms with Gasteiger partial charge in [-0.05, 0) is 51.3 Å². The van der Waals surface area contributed by atoms with Crippen LogP contribution in [0.2, 0.25) is 0 Å². The lowest BCUT2D eigenvalue weighted by atomic mass is 10.0. The molecule has 5 heteroatoms. The van der Waals surface area contributed by atoms with Crippen LogP contribution in [-0.2, 0) is 0 Å². The number of nitrogens with one attached hydrogen (secondary N) is 1. The quantitative estimate of drug-likeness (QED) is 0.704. The van der Waals surface area contributed by atoms with Crippen LogP contribution in [0.1, 0.15) is 16.8 Å². The molecule has 2 aromatic heterocycles. The molecule has 1 N–H and O–H groups in total. The van der Waals surface area contributed by atoms with Crippen molar-refractivity contribution in [3.63, 3.8) is 0 Å². The summed E-state index contributed by atoms with van der Waals surface area (Å²) < 4.78 is 0. The highest BCUT2D eigenvalue weighted by Crippen LogP contribution is 2.24. The number of para-hydroxylation sites is 1. The molecule has 25 heavy (non-hydrogen) atoms. The second kappa shape index (κ2) is 7.85. The van der Waals surface area contributed by atoms with E-state index in [1.165, 1.54) is 0 Å². The van der Waals surface area contributed by atoms with E-state index in [2.05, 4.69) is 20.2 Å². The van der Waals surface area contributed by atoms with Crippen molar-refractivity contribution in [3.8, 4) is 11.3 Å². The van der Waals surface area contributed by atoms with Gasteiger partial charge in [0.2, 0.25) is 0 Å². The number of benzene rings is 1. The van der Waals surface area contributed by atoms with E-state index in [1.54, 1.807) is 12.4 Å². The molecule has 0 saturated carbocycles. The third-order valence-corrected chi connectivity index (χ3v) is 3.99. The summed E-state index contributed by atoms with van der Waals surface area (Å²) in [5, 5.41) is 3.88. The molecular weight excluding hydrogens is 312 g/mol. The van der Waals surface area contributed by atoms with Gasteiger partial charge in [0.15, 0.2) is 0 Å². The average Bonchev–Trinajstić information content (AvgIpc) is 2.64. The fraction of sp³-hybridized carbons (Fsp3) is 0.250. The molecule has 0 aliphatic heterocycles. The maximum absolute atomic E-state index is 12.7. The number of hydrogen-bond acceptors (Lipinski definition) is 4. The Morgan fingerprint density at radius 1 is 1.16 bits per heavy atom. The van der Waals surface area contributed by atoms with E-state index in [0.29, 0.717) is 12.1 Å². The number of rotatable bonds is 6. The van der Waals surface area contributed by atoms with E-state index < -0.39 is 0 Å². The van der Waals surface area contributed by atoms with Crippen molar-refractivity contribution >= 4 is 16.8 Å². The molecule has 1 aromatic carbocycles. The van der Waals surface area contributed by atoms with Crippen LogP contribution in [0.3, 0.4) is 0 Å². The van der Waals surface area contributed by atoms with E-state index in [0.717, 1.165) is 35.1 Å². The molecule has 1 amide bonds. The average molecular weight is 334 g/mol. The second-order valence-electron chi connectivity index (χ2n) is 6.23. The number of carbonyl (C=O) groups excluding carboxylic acids is 1. The molecule has 3 aromatic rings. The lowest BCUT2D eigenvalue weighted by Gasteiger charge is -2.12. The van der Waals surface area contributed by atoms with Gasteiger partial charge in [0, 0.05) is 29.9 Å². The molecule has 0 aliphatic rings. The van der Waals surface area contributed by atoms with Crippen LogP contribution in [0.5, 0.6) is 0 Å². The third-order valence-electron chi connectivity index (χ3n) is 3.99. The van der Waals surface area contributed by atoms with Gasteiger partial charge in [-0.3, -0.25) is 9.78 Å². The lowest BCUT2D eigenvalue weighted by molar-refractivity contribution is 0.0954. The van der Waals surface area contributed by atoms with Crippen LogP contribution in [0.15, 0.2) is 54.9 Å². The number of amides is 1. The molecule has 0 bridgehead atoms. The van der Waals surface area contributed by atoms with E-state index in [1.807, 2.05) is 56.6 Å². The van der Waals surface area contributed by atoms with Gasteiger partial charge in [-0.1, -0.05) is 18.2 Å². The zero-order valence-corrected chi connectivity index (χ0v) is 14.6. The van der Waals surface area contributed by atoms with Crippen molar-refractivity contribution in [1.82, 2.24) is 20.2 Å². The van der Waals surface area contributed by atoms with Crippen LogP contribution in [0.4, 0.5) is 0 Å². The van der Waals surface area contributed by atoms with Gasteiger partial charge >= 0.3 is 0 Å². The van der Waals surface area contributed by atoms with Gasteiger partial charge in [0.05, 0.1) is 16.8 Å². The van der Waals surface area contributed by atoms with Gasteiger partial charge in [-0.2, -0.15) is 0 Å². The molecule has 0 unspecified atom stereocenters. The van der Waals surface area contributed by atoms with Crippen molar-refractivity contribution in [1.29, 1.82) is 0 Å². The summed E-state index contributed by atoms with van der Waals surface area (Å²) in [6, 6.07) is 13.4. The minimum absolute atomic E-state index is 0.0671. The molecule has 0 fully saturated rings. The number of pyridine rings is 2. The maximum Gasteiger partial charge on any atom is 0.252 e. The summed E-state index contributed by atoms with van der Waals surface area (Å²) in [5.74, 6) is -0.0671. The number of aromatic nitrogens is 2. The first kappa shape index (κ1) is 17.0. The number of nitrogens with zero attached hydrogens (tertiary/aromatic N) is 3. The highest BCUT2D eigenvalue weighted by molar-refractivity contribution is 6.07. The summed E-state index contributed by atoms with van der Waals surface area (Å²) in [4.78, 5) is 23.7. The minimum atomic E-state index is -0.0671. The van der Waals surface area contributed by atoms with Crippen molar-refractivity contribution in [3.05, 3.63) is 60.4 Å². The highest BCUT2D eigenvalue weighted by Gasteiger charge is 2.13. The maximum atomic E-state index is 12.7. The van der Waals surface area contributed by atoms with E-state index in [-0.39, 0.29) is 5.91 Å².